The summed E-state index contributed by atoms with van der Waals surface area (Å²) >= 11 is 1.48. The molecular formula is C20H20N4O2S. The van der Waals surface area contributed by atoms with Gasteiger partial charge in [0.05, 0.1) is 5.57 Å². The van der Waals surface area contributed by atoms with E-state index < -0.39 is 0 Å². The number of carbonyl (C=O) groups excluding carboxylic acids is 2. The van der Waals surface area contributed by atoms with Gasteiger partial charge in [0.25, 0.3) is 11.8 Å². The molecule has 0 radical (unpaired) electrons. The molecule has 2 aromatic rings. The molecule has 0 bridgehead atoms. The monoisotopic (exact) mass is 380 g/mol. The van der Waals surface area contributed by atoms with Crippen LogP contribution >= 0.6 is 11.3 Å². The quantitative estimate of drug-likeness (QED) is 0.588. The van der Waals surface area contributed by atoms with Gasteiger partial charge in [0.2, 0.25) is 0 Å². The van der Waals surface area contributed by atoms with Crippen molar-refractivity contribution in [2.45, 2.75) is 0 Å². The van der Waals surface area contributed by atoms with Gasteiger partial charge in [-0.1, -0.05) is 18.2 Å². The summed E-state index contributed by atoms with van der Waals surface area (Å²) in [6, 6.07) is 9.65. The minimum Gasteiger partial charge on any atom is -0.363 e. The highest BCUT2D eigenvalue weighted by molar-refractivity contribution is 7.11. The zero-order valence-electron chi connectivity index (χ0n) is 14.9. The number of hydrogen-bond donors (Lipinski definition) is 0. The second-order valence-corrected chi connectivity index (χ2v) is 7.32. The largest absolute Gasteiger partial charge is 0.363 e. The van der Waals surface area contributed by atoms with Crippen molar-refractivity contribution in [2.24, 2.45) is 0 Å². The number of thiophene rings is 1. The molecule has 0 N–H and O–H groups in total. The summed E-state index contributed by atoms with van der Waals surface area (Å²) in [6.07, 6.45) is 3.37. The Morgan fingerprint density at radius 3 is 2.44 bits per heavy atom. The van der Waals surface area contributed by atoms with Crippen molar-refractivity contribution in [3.8, 4) is 0 Å². The lowest BCUT2D eigenvalue weighted by atomic mass is 10.1. The summed E-state index contributed by atoms with van der Waals surface area (Å²) in [5.41, 5.74) is 1.04. The Balaban J connectivity index is 1.61. The van der Waals surface area contributed by atoms with Crippen molar-refractivity contribution in [1.82, 2.24) is 14.8 Å². The van der Waals surface area contributed by atoms with Gasteiger partial charge in [0.1, 0.15) is 11.5 Å². The molecule has 2 aliphatic heterocycles. The van der Waals surface area contributed by atoms with Crippen LogP contribution in [0.5, 0.6) is 0 Å². The smallest absolute Gasteiger partial charge is 0.278 e. The molecular weight excluding hydrogens is 360 g/mol. The fourth-order valence-electron chi connectivity index (χ4n) is 3.49. The van der Waals surface area contributed by atoms with E-state index in [0.29, 0.717) is 24.4 Å². The molecule has 0 saturated carbocycles. The number of piperazine rings is 1. The molecule has 6 nitrogen and oxygen atoms in total. The molecule has 27 heavy (non-hydrogen) atoms. The molecule has 0 atom stereocenters. The minimum absolute atomic E-state index is 0.226. The molecule has 2 aromatic heterocycles. The van der Waals surface area contributed by atoms with E-state index in [4.69, 9.17) is 0 Å². The second-order valence-electron chi connectivity index (χ2n) is 6.37. The second kappa shape index (κ2) is 7.36. The van der Waals surface area contributed by atoms with Crippen molar-refractivity contribution in [3.05, 3.63) is 65.1 Å². The number of imide groups is 1. The van der Waals surface area contributed by atoms with Crippen molar-refractivity contribution in [2.75, 3.05) is 37.6 Å². The highest BCUT2D eigenvalue weighted by atomic mass is 32.1. The van der Waals surface area contributed by atoms with Crippen LogP contribution in [0.15, 0.2) is 60.3 Å². The van der Waals surface area contributed by atoms with Gasteiger partial charge >= 0.3 is 0 Å². The molecule has 0 spiro atoms. The van der Waals surface area contributed by atoms with Crippen molar-refractivity contribution >= 4 is 34.5 Å². The zero-order chi connectivity index (χ0) is 18.8. The van der Waals surface area contributed by atoms with Crippen LogP contribution < -0.4 is 4.90 Å². The van der Waals surface area contributed by atoms with Crippen molar-refractivity contribution < 1.29 is 9.59 Å². The van der Waals surface area contributed by atoms with Crippen LogP contribution in [0.3, 0.4) is 0 Å². The normalized spacial score (nSPS) is 17.9. The Kier molecular flexibility index (Phi) is 4.77. The van der Waals surface area contributed by atoms with Crippen LogP contribution in [-0.4, -0.2) is 59.3 Å². The summed E-state index contributed by atoms with van der Waals surface area (Å²) in [5.74, 6) is 0.478. The average molecular weight is 380 g/mol. The molecule has 138 valence electrons. The van der Waals surface area contributed by atoms with Crippen LogP contribution in [0.4, 0.5) is 5.82 Å². The number of anilines is 1. The average Bonchev–Trinajstić information content (AvgIpc) is 3.31. The summed E-state index contributed by atoms with van der Waals surface area (Å²) in [6.45, 7) is 6.74. The van der Waals surface area contributed by atoms with Crippen molar-refractivity contribution in [1.29, 1.82) is 0 Å². The van der Waals surface area contributed by atoms with Gasteiger partial charge in [0, 0.05) is 43.8 Å². The van der Waals surface area contributed by atoms with E-state index in [0.717, 1.165) is 23.8 Å². The van der Waals surface area contributed by atoms with E-state index in [2.05, 4.69) is 16.5 Å². The molecule has 0 aromatic carbocycles. The van der Waals surface area contributed by atoms with E-state index in [-0.39, 0.29) is 18.4 Å². The highest BCUT2D eigenvalue weighted by Crippen LogP contribution is 2.34. The lowest BCUT2D eigenvalue weighted by Crippen LogP contribution is -2.47. The SMILES string of the molecule is C=CCN1C(=O)C(c2cccs2)=C(N2CCN(c3ccccn3)CC2)C1=O. The third-order valence-corrected chi connectivity index (χ3v) is 5.68. The van der Waals surface area contributed by atoms with Gasteiger partial charge in [-0.25, -0.2) is 4.98 Å². The first kappa shape index (κ1) is 17.5. The summed E-state index contributed by atoms with van der Waals surface area (Å²) in [4.78, 5) is 36.7. The first-order valence-corrected chi connectivity index (χ1v) is 9.75. The number of hydrogen-bond acceptors (Lipinski definition) is 6. The van der Waals surface area contributed by atoms with Crippen LogP contribution in [0, 0.1) is 0 Å². The molecule has 2 amide bonds. The first-order chi connectivity index (χ1) is 13.2. The first-order valence-electron chi connectivity index (χ1n) is 8.87. The van der Waals surface area contributed by atoms with Gasteiger partial charge in [-0.3, -0.25) is 14.5 Å². The number of nitrogens with zero attached hydrogens (tertiary/aromatic N) is 4. The lowest BCUT2D eigenvalue weighted by molar-refractivity contribution is -0.136. The summed E-state index contributed by atoms with van der Waals surface area (Å²) in [7, 11) is 0. The molecule has 2 aliphatic rings. The van der Waals surface area contributed by atoms with E-state index >= 15 is 0 Å². The molecule has 4 heterocycles. The molecule has 0 unspecified atom stereocenters. The van der Waals surface area contributed by atoms with Gasteiger partial charge in [-0.15, -0.1) is 17.9 Å². The van der Waals surface area contributed by atoms with Crippen LogP contribution in [0.1, 0.15) is 4.88 Å². The maximum Gasteiger partial charge on any atom is 0.278 e. The molecule has 0 aliphatic carbocycles. The van der Waals surface area contributed by atoms with E-state index in [9.17, 15) is 9.59 Å². The number of rotatable bonds is 5. The Bertz CT molecular complexity index is 884. The molecule has 7 heteroatoms. The Morgan fingerprint density at radius 1 is 1.04 bits per heavy atom. The van der Waals surface area contributed by atoms with E-state index in [1.54, 1.807) is 12.3 Å². The highest BCUT2D eigenvalue weighted by Gasteiger charge is 2.42. The van der Waals surface area contributed by atoms with Gasteiger partial charge in [-0.05, 0) is 23.6 Å². The van der Waals surface area contributed by atoms with Gasteiger partial charge in [-0.2, -0.15) is 0 Å². The number of amides is 2. The Hall–Kier alpha value is -2.93. The third-order valence-electron chi connectivity index (χ3n) is 4.79. The molecule has 1 saturated heterocycles. The molecule has 1 fully saturated rings. The van der Waals surface area contributed by atoms with E-state index in [1.807, 2.05) is 40.6 Å². The number of carbonyl (C=O) groups is 2. The molecule has 4 rings (SSSR count). The zero-order valence-corrected chi connectivity index (χ0v) is 15.7. The standard InChI is InChI=1S/C20H20N4O2S/c1-2-9-24-19(25)17(15-6-5-14-27-15)18(20(24)26)23-12-10-22(11-13-23)16-7-3-4-8-21-16/h2-8,14H,1,9-13H2. The van der Waals surface area contributed by atoms with Crippen LogP contribution in [0.2, 0.25) is 0 Å². The minimum atomic E-state index is -0.232. The lowest BCUT2D eigenvalue weighted by Gasteiger charge is -2.37. The number of pyridine rings is 1. The van der Waals surface area contributed by atoms with Crippen molar-refractivity contribution in [3.63, 3.8) is 0 Å². The van der Waals surface area contributed by atoms with E-state index in [1.165, 1.54) is 16.2 Å². The fraction of sp³-hybridized carbons (Fsp3) is 0.250. The third kappa shape index (κ3) is 3.14. The van der Waals surface area contributed by atoms with Crippen LogP contribution in [0.25, 0.3) is 5.57 Å². The van der Waals surface area contributed by atoms with Crippen LogP contribution in [-0.2, 0) is 9.59 Å². The maximum absolute atomic E-state index is 13.0. The van der Waals surface area contributed by atoms with Gasteiger partial charge in [0.15, 0.2) is 0 Å². The summed E-state index contributed by atoms with van der Waals surface area (Å²) in [5, 5.41) is 1.92. The Morgan fingerprint density at radius 2 is 1.81 bits per heavy atom. The predicted molar refractivity (Wildman–Crippen MR) is 106 cm³/mol. The summed E-state index contributed by atoms with van der Waals surface area (Å²) < 4.78 is 0. The maximum atomic E-state index is 13.0. The van der Waals surface area contributed by atoms with Gasteiger partial charge < -0.3 is 9.80 Å². The Labute approximate surface area is 162 Å². The number of aromatic nitrogens is 1. The topological polar surface area (TPSA) is 56.8 Å². The fourth-order valence-corrected chi connectivity index (χ4v) is 4.26. The predicted octanol–water partition coefficient (Wildman–Crippen LogP) is 2.23.